The topological polar surface area (TPSA) is 137 Å². The van der Waals surface area contributed by atoms with Crippen molar-refractivity contribution in [1.29, 1.82) is 0 Å². The van der Waals surface area contributed by atoms with Crippen molar-refractivity contribution in [3.05, 3.63) is 88.0 Å². The third-order valence-corrected chi connectivity index (χ3v) is 5.20. The van der Waals surface area contributed by atoms with Crippen LogP contribution in [0.15, 0.2) is 66.7 Å². The molecule has 0 radical (unpaired) electrons. The van der Waals surface area contributed by atoms with E-state index >= 15 is 0 Å². The number of nitro benzene ring substituents is 1. The lowest BCUT2D eigenvalue weighted by Crippen LogP contribution is -2.21. The third kappa shape index (κ3) is 8.77. The number of esters is 1. The number of amides is 2. The van der Waals surface area contributed by atoms with Gasteiger partial charge in [-0.3, -0.25) is 24.5 Å². The molecule has 3 aromatic rings. The summed E-state index contributed by atoms with van der Waals surface area (Å²) >= 11 is 0. The number of hydrogen-bond donors (Lipinski definition) is 2. The van der Waals surface area contributed by atoms with Crippen molar-refractivity contribution in [2.75, 3.05) is 17.2 Å². The van der Waals surface area contributed by atoms with E-state index in [0.717, 1.165) is 11.3 Å². The Labute approximate surface area is 213 Å². The third-order valence-electron chi connectivity index (χ3n) is 5.20. The van der Waals surface area contributed by atoms with Crippen LogP contribution in [0.3, 0.4) is 0 Å². The molecule has 0 heterocycles. The van der Waals surface area contributed by atoms with Gasteiger partial charge in [-0.25, -0.2) is 0 Å². The van der Waals surface area contributed by atoms with Crippen LogP contribution in [0.5, 0.6) is 11.5 Å². The van der Waals surface area contributed by atoms with Crippen LogP contribution in [0.4, 0.5) is 17.1 Å². The lowest BCUT2D eigenvalue weighted by atomic mass is 10.2. The monoisotopic (exact) mass is 505 g/mol. The summed E-state index contributed by atoms with van der Waals surface area (Å²) in [6.07, 6.45) is 0.293. The van der Waals surface area contributed by atoms with Gasteiger partial charge in [-0.1, -0.05) is 18.2 Å². The summed E-state index contributed by atoms with van der Waals surface area (Å²) in [7, 11) is 0. The maximum absolute atomic E-state index is 12.2. The Morgan fingerprint density at radius 2 is 1.54 bits per heavy atom. The molecule has 0 aromatic heterocycles. The number of anilines is 2. The van der Waals surface area contributed by atoms with Gasteiger partial charge in [-0.15, -0.1) is 0 Å². The van der Waals surface area contributed by atoms with Gasteiger partial charge in [0.15, 0.2) is 6.61 Å². The molecule has 0 aliphatic rings. The lowest BCUT2D eigenvalue weighted by molar-refractivity contribution is -0.385. The number of benzene rings is 3. The van der Waals surface area contributed by atoms with Crippen LogP contribution < -0.4 is 15.4 Å². The fraction of sp³-hybridized carbons (Fsp3) is 0.222. The van der Waals surface area contributed by atoms with E-state index in [1.807, 2.05) is 31.2 Å². The molecular weight excluding hydrogens is 478 g/mol. The van der Waals surface area contributed by atoms with Gasteiger partial charge in [0.1, 0.15) is 11.5 Å². The van der Waals surface area contributed by atoms with Gasteiger partial charge >= 0.3 is 5.97 Å². The maximum atomic E-state index is 12.2. The van der Waals surface area contributed by atoms with Crippen LogP contribution in [-0.2, 0) is 19.1 Å². The average Bonchev–Trinajstić information content (AvgIpc) is 2.85. The smallest absolute Gasteiger partial charge is 0.306 e. The van der Waals surface area contributed by atoms with Crippen LogP contribution in [-0.4, -0.2) is 29.3 Å². The fourth-order valence-electron chi connectivity index (χ4n) is 3.34. The zero-order chi connectivity index (χ0) is 26.8. The minimum atomic E-state index is -0.629. The molecule has 0 unspecified atom stereocenters. The largest absolute Gasteiger partial charge is 0.457 e. The van der Waals surface area contributed by atoms with E-state index in [1.54, 1.807) is 31.2 Å². The number of carbonyl (C=O) groups is 3. The molecule has 2 amide bonds. The highest BCUT2D eigenvalue weighted by Gasteiger charge is 2.14. The second kappa shape index (κ2) is 12.8. The second-order valence-electron chi connectivity index (χ2n) is 8.31. The van der Waals surface area contributed by atoms with Crippen LogP contribution in [0, 0.1) is 24.0 Å². The Morgan fingerprint density at radius 1 is 0.838 bits per heavy atom. The van der Waals surface area contributed by atoms with Gasteiger partial charge in [0.05, 0.1) is 4.92 Å². The molecule has 0 aliphatic carbocycles. The van der Waals surface area contributed by atoms with Crippen molar-refractivity contribution in [2.24, 2.45) is 0 Å². The number of nitro groups is 1. The van der Waals surface area contributed by atoms with Gasteiger partial charge in [0.2, 0.25) is 5.91 Å². The highest BCUT2D eigenvalue weighted by atomic mass is 16.6. The summed E-state index contributed by atoms with van der Waals surface area (Å²) in [4.78, 5) is 46.5. The van der Waals surface area contributed by atoms with E-state index in [4.69, 9.17) is 9.47 Å². The standard InChI is InChI=1S/C27H27N3O7/c1-18-5-3-6-23(15-18)37-22-13-11-20(12-14-22)28-25(31)7-4-8-27(33)36-17-26(32)29-21-10-9-19(2)24(16-21)30(34)35/h3,5-6,9-16H,4,7-8,17H2,1-2H3,(H,28,31)(H,29,32). The van der Waals surface area contributed by atoms with E-state index in [0.29, 0.717) is 17.0 Å². The predicted octanol–water partition coefficient (Wildman–Crippen LogP) is 5.29. The second-order valence-corrected chi connectivity index (χ2v) is 8.31. The van der Waals surface area contributed by atoms with Gasteiger partial charge in [0.25, 0.3) is 11.6 Å². The number of ether oxygens (including phenoxy) is 2. The van der Waals surface area contributed by atoms with Crippen molar-refractivity contribution in [3.63, 3.8) is 0 Å². The molecule has 0 fully saturated rings. The van der Waals surface area contributed by atoms with Crippen molar-refractivity contribution in [3.8, 4) is 11.5 Å². The molecule has 0 saturated heterocycles. The van der Waals surface area contributed by atoms with Crippen molar-refractivity contribution < 1.29 is 28.8 Å². The predicted molar refractivity (Wildman–Crippen MR) is 138 cm³/mol. The summed E-state index contributed by atoms with van der Waals surface area (Å²) < 4.78 is 10.7. The van der Waals surface area contributed by atoms with E-state index in [-0.39, 0.29) is 36.5 Å². The van der Waals surface area contributed by atoms with E-state index in [2.05, 4.69) is 10.6 Å². The van der Waals surface area contributed by atoms with E-state index in [1.165, 1.54) is 18.2 Å². The SMILES string of the molecule is Cc1cccc(Oc2ccc(NC(=O)CCCC(=O)OCC(=O)Nc3ccc(C)c([N+](=O)[O-])c3)cc2)c1. The Balaban J connectivity index is 1.34. The Hall–Kier alpha value is -4.73. The summed E-state index contributed by atoms with van der Waals surface area (Å²) in [6, 6.07) is 18.9. The average molecular weight is 506 g/mol. The molecular formula is C27H27N3O7. The van der Waals surface area contributed by atoms with Gasteiger partial charge in [-0.2, -0.15) is 0 Å². The molecule has 0 atom stereocenters. The molecule has 0 aliphatic heterocycles. The summed E-state index contributed by atoms with van der Waals surface area (Å²) in [6.45, 7) is 3.03. The first kappa shape index (κ1) is 26.9. The quantitative estimate of drug-likeness (QED) is 0.205. The first-order valence-corrected chi connectivity index (χ1v) is 11.5. The Bertz CT molecular complexity index is 1290. The summed E-state index contributed by atoms with van der Waals surface area (Å²) in [5.74, 6) is -0.162. The van der Waals surface area contributed by atoms with Crippen LogP contribution >= 0.6 is 0 Å². The fourth-order valence-corrected chi connectivity index (χ4v) is 3.34. The first-order chi connectivity index (χ1) is 17.7. The van der Waals surface area contributed by atoms with Crippen LogP contribution in [0.25, 0.3) is 0 Å². The number of nitrogens with one attached hydrogen (secondary N) is 2. The molecule has 37 heavy (non-hydrogen) atoms. The van der Waals surface area contributed by atoms with Gasteiger partial charge in [-0.05, 0) is 68.3 Å². The summed E-state index contributed by atoms with van der Waals surface area (Å²) in [5, 5.41) is 16.2. The van der Waals surface area contributed by atoms with E-state index < -0.39 is 23.4 Å². The highest BCUT2D eigenvalue weighted by Crippen LogP contribution is 2.24. The molecule has 3 aromatic carbocycles. The van der Waals surface area contributed by atoms with Gasteiger partial charge < -0.3 is 20.1 Å². The number of carbonyl (C=O) groups excluding carboxylic acids is 3. The molecule has 3 rings (SSSR count). The number of aryl methyl sites for hydroxylation is 2. The number of rotatable bonds is 11. The van der Waals surface area contributed by atoms with Crippen molar-refractivity contribution >= 4 is 34.8 Å². The first-order valence-electron chi connectivity index (χ1n) is 11.5. The highest BCUT2D eigenvalue weighted by molar-refractivity contribution is 5.93. The number of hydrogen-bond acceptors (Lipinski definition) is 7. The molecule has 10 heteroatoms. The molecule has 0 bridgehead atoms. The molecule has 192 valence electrons. The maximum Gasteiger partial charge on any atom is 0.306 e. The normalized spacial score (nSPS) is 10.3. The zero-order valence-electron chi connectivity index (χ0n) is 20.5. The summed E-state index contributed by atoms with van der Waals surface area (Å²) in [5.41, 5.74) is 2.24. The molecule has 2 N–H and O–H groups in total. The minimum absolute atomic E-state index is 0.0417. The van der Waals surface area contributed by atoms with Gasteiger partial charge in [0, 0.05) is 35.8 Å². The minimum Gasteiger partial charge on any atom is -0.457 e. The lowest BCUT2D eigenvalue weighted by Gasteiger charge is -2.09. The Morgan fingerprint density at radius 3 is 2.24 bits per heavy atom. The zero-order valence-corrected chi connectivity index (χ0v) is 20.5. The molecule has 10 nitrogen and oxygen atoms in total. The number of nitrogens with zero attached hydrogens (tertiary/aromatic N) is 1. The van der Waals surface area contributed by atoms with Crippen molar-refractivity contribution in [2.45, 2.75) is 33.1 Å². The molecule has 0 spiro atoms. The van der Waals surface area contributed by atoms with Crippen molar-refractivity contribution in [1.82, 2.24) is 0 Å². The Kier molecular flexibility index (Phi) is 9.31. The van der Waals surface area contributed by atoms with Crippen LogP contribution in [0.1, 0.15) is 30.4 Å². The van der Waals surface area contributed by atoms with Crippen LogP contribution in [0.2, 0.25) is 0 Å². The van der Waals surface area contributed by atoms with E-state index in [9.17, 15) is 24.5 Å². The molecule has 0 saturated carbocycles.